The number of thioether (sulfide) groups is 1. The van der Waals surface area contributed by atoms with Gasteiger partial charge < -0.3 is 16.2 Å². The molecular formula is C17H17N3O4S. The summed E-state index contributed by atoms with van der Waals surface area (Å²) >= 11 is 1.39. The Balaban J connectivity index is 1.74. The number of amides is 2. The molecule has 2 heterocycles. The van der Waals surface area contributed by atoms with Gasteiger partial charge in [0.1, 0.15) is 23.2 Å². The molecule has 0 aromatic heterocycles. The minimum atomic E-state index is -1.18. The molecule has 1 unspecified atom stereocenters. The number of carboxylic acid groups (broad SMARTS) is 1. The van der Waals surface area contributed by atoms with Gasteiger partial charge in [0, 0.05) is 5.75 Å². The van der Waals surface area contributed by atoms with Gasteiger partial charge in [-0.2, -0.15) is 0 Å². The molecule has 2 aliphatic heterocycles. The summed E-state index contributed by atoms with van der Waals surface area (Å²) in [6.45, 7) is 3.59. The maximum absolute atomic E-state index is 12.4. The predicted octanol–water partition coefficient (Wildman–Crippen LogP) is 0.611. The Labute approximate surface area is 148 Å². The van der Waals surface area contributed by atoms with Crippen molar-refractivity contribution in [2.24, 2.45) is 5.73 Å². The zero-order valence-electron chi connectivity index (χ0n) is 13.2. The SMILES string of the molecule is C=CC1=C(C(=O)O)N2C(=O)[C@@H](NC(=O)C(N)c3ccccc3)[C@@H]2SC1. The topological polar surface area (TPSA) is 113 Å². The van der Waals surface area contributed by atoms with Gasteiger partial charge >= 0.3 is 5.97 Å². The summed E-state index contributed by atoms with van der Waals surface area (Å²) < 4.78 is 0. The van der Waals surface area contributed by atoms with Gasteiger partial charge in [0.15, 0.2) is 0 Å². The number of carbonyl (C=O) groups excluding carboxylic acids is 2. The number of nitrogens with zero attached hydrogens (tertiary/aromatic N) is 1. The van der Waals surface area contributed by atoms with Crippen LogP contribution in [0.2, 0.25) is 0 Å². The predicted molar refractivity (Wildman–Crippen MR) is 93.3 cm³/mol. The van der Waals surface area contributed by atoms with Crippen LogP contribution in [0.15, 0.2) is 54.3 Å². The number of aliphatic carboxylic acids is 1. The van der Waals surface area contributed by atoms with E-state index >= 15 is 0 Å². The van der Waals surface area contributed by atoms with Crippen LogP contribution in [0.25, 0.3) is 0 Å². The van der Waals surface area contributed by atoms with Crippen LogP contribution in [0, 0.1) is 0 Å². The molecule has 1 fully saturated rings. The van der Waals surface area contributed by atoms with Crippen LogP contribution in [-0.4, -0.2) is 45.0 Å². The highest BCUT2D eigenvalue weighted by atomic mass is 32.2. The molecule has 1 aromatic carbocycles. The van der Waals surface area contributed by atoms with E-state index in [1.165, 1.54) is 22.7 Å². The number of nitrogens with two attached hydrogens (primary N) is 1. The van der Waals surface area contributed by atoms with Gasteiger partial charge in [-0.25, -0.2) is 4.79 Å². The average Bonchev–Trinajstić information content (AvgIpc) is 2.64. The van der Waals surface area contributed by atoms with Crippen molar-refractivity contribution in [2.75, 3.05) is 5.75 Å². The number of rotatable bonds is 5. The molecule has 4 N–H and O–H groups in total. The standard InChI is InChI=1S/C17H17N3O4S/c1-2-9-8-25-16-12(15(22)20(16)13(9)17(23)24)19-14(21)11(18)10-6-4-3-5-7-10/h2-7,11-12,16H,1,8,18H2,(H,19,21)(H,23,24)/t11?,12-,16+/m1/s1. The van der Waals surface area contributed by atoms with Crippen LogP contribution in [0.4, 0.5) is 0 Å². The van der Waals surface area contributed by atoms with Gasteiger partial charge in [0.05, 0.1) is 0 Å². The Hall–Kier alpha value is -2.58. The van der Waals surface area contributed by atoms with Crippen molar-refractivity contribution >= 4 is 29.5 Å². The molecule has 130 valence electrons. The van der Waals surface area contributed by atoms with Gasteiger partial charge in [-0.1, -0.05) is 43.0 Å². The summed E-state index contributed by atoms with van der Waals surface area (Å²) in [6, 6.07) is 7.15. The maximum atomic E-state index is 12.4. The lowest BCUT2D eigenvalue weighted by Gasteiger charge is -2.49. The molecule has 2 amide bonds. The molecule has 3 atom stereocenters. The molecule has 1 aromatic rings. The van der Waals surface area contributed by atoms with E-state index in [1.54, 1.807) is 24.3 Å². The molecule has 2 aliphatic rings. The monoisotopic (exact) mass is 359 g/mol. The smallest absolute Gasteiger partial charge is 0.352 e. The van der Waals surface area contributed by atoms with Crippen molar-refractivity contribution in [1.82, 2.24) is 10.2 Å². The first-order valence-electron chi connectivity index (χ1n) is 7.60. The third-order valence-corrected chi connectivity index (χ3v) is 5.49. The molecule has 0 saturated carbocycles. The number of allylic oxidation sites excluding steroid dienone is 1. The third kappa shape index (κ3) is 2.94. The van der Waals surface area contributed by atoms with Crippen molar-refractivity contribution in [1.29, 1.82) is 0 Å². The summed E-state index contributed by atoms with van der Waals surface area (Å²) in [4.78, 5) is 37.4. The Bertz CT molecular complexity index is 777. The second kappa shape index (κ2) is 6.73. The van der Waals surface area contributed by atoms with E-state index in [0.29, 0.717) is 16.9 Å². The summed E-state index contributed by atoms with van der Waals surface area (Å²) in [5.74, 6) is -1.70. The normalized spacial score (nSPS) is 23.4. The molecule has 7 nitrogen and oxygen atoms in total. The Kier molecular flexibility index (Phi) is 4.65. The Morgan fingerprint density at radius 1 is 1.40 bits per heavy atom. The van der Waals surface area contributed by atoms with Crippen LogP contribution >= 0.6 is 11.8 Å². The number of carbonyl (C=O) groups is 3. The van der Waals surface area contributed by atoms with Gasteiger partial charge in [0.25, 0.3) is 5.91 Å². The summed E-state index contributed by atoms with van der Waals surface area (Å²) in [6.07, 6.45) is 1.44. The van der Waals surface area contributed by atoms with E-state index in [9.17, 15) is 19.5 Å². The fraction of sp³-hybridized carbons (Fsp3) is 0.235. The van der Waals surface area contributed by atoms with E-state index in [2.05, 4.69) is 11.9 Å². The lowest BCUT2D eigenvalue weighted by atomic mass is 10.0. The van der Waals surface area contributed by atoms with Crippen LogP contribution in [0.5, 0.6) is 0 Å². The van der Waals surface area contributed by atoms with Crippen molar-refractivity contribution < 1.29 is 19.5 Å². The molecule has 1 saturated heterocycles. The van der Waals surface area contributed by atoms with E-state index in [-0.39, 0.29) is 5.70 Å². The second-order valence-electron chi connectivity index (χ2n) is 5.67. The summed E-state index contributed by atoms with van der Waals surface area (Å²) in [7, 11) is 0. The largest absolute Gasteiger partial charge is 0.477 e. The number of β-lactam (4-membered cyclic amide) rings is 1. The maximum Gasteiger partial charge on any atom is 0.352 e. The zero-order chi connectivity index (χ0) is 18.1. The highest BCUT2D eigenvalue weighted by Gasteiger charge is 2.54. The molecular weight excluding hydrogens is 342 g/mol. The van der Waals surface area contributed by atoms with Crippen LogP contribution in [-0.2, 0) is 14.4 Å². The van der Waals surface area contributed by atoms with Crippen molar-refractivity contribution in [3.8, 4) is 0 Å². The first-order valence-corrected chi connectivity index (χ1v) is 8.65. The molecule has 0 aliphatic carbocycles. The number of hydrogen-bond donors (Lipinski definition) is 3. The van der Waals surface area contributed by atoms with E-state index < -0.39 is 35.2 Å². The van der Waals surface area contributed by atoms with Gasteiger partial charge in [-0.15, -0.1) is 11.8 Å². The molecule has 25 heavy (non-hydrogen) atoms. The fourth-order valence-electron chi connectivity index (χ4n) is 2.85. The van der Waals surface area contributed by atoms with Crippen LogP contribution in [0.1, 0.15) is 11.6 Å². The molecule has 0 radical (unpaired) electrons. The number of hydrogen-bond acceptors (Lipinski definition) is 5. The second-order valence-corrected chi connectivity index (χ2v) is 6.77. The van der Waals surface area contributed by atoms with Gasteiger partial charge in [0.2, 0.25) is 5.91 Å². The average molecular weight is 359 g/mol. The van der Waals surface area contributed by atoms with E-state index in [0.717, 1.165) is 0 Å². The number of benzene rings is 1. The minimum Gasteiger partial charge on any atom is -0.477 e. The van der Waals surface area contributed by atoms with E-state index in [4.69, 9.17) is 5.73 Å². The summed E-state index contributed by atoms with van der Waals surface area (Å²) in [5, 5.41) is 11.6. The number of carboxylic acids is 1. The quantitative estimate of drug-likeness (QED) is 0.664. The Morgan fingerprint density at radius 2 is 2.08 bits per heavy atom. The van der Waals surface area contributed by atoms with Crippen LogP contribution in [0.3, 0.4) is 0 Å². The lowest BCUT2D eigenvalue weighted by molar-refractivity contribution is -0.150. The molecule has 8 heteroatoms. The highest BCUT2D eigenvalue weighted by Crippen LogP contribution is 2.40. The Morgan fingerprint density at radius 3 is 2.68 bits per heavy atom. The molecule has 3 rings (SSSR count). The van der Waals surface area contributed by atoms with Crippen molar-refractivity contribution in [2.45, 2.75) is 17.5 Å². The van der Waals surface area contributed by atoms with Crippen LogP contribution < -0.4 is 11.1 Å². The van der Waals surface area contributed by atoms with Gasteiger partial charge in [-0.3, -0.25) is 14.5 Å². The third-order valence-electron chi connectivity index (χ3n) is 4.19. The number of fused-ring (bicyclic) bond motifs is 1. The summed E-state index contributed by atoms with van der Waals surface area (Å²) in [5.41, 5.74) is 7.00. The fourth-order valence-corrected chi connectivity index (χ4v) is 4.19. The first-order chi connectivity index (χ1) is 12.0. The first kappa shape index (κ1) is 17.2. The molecule has 0 spiro atoms. The number of nitrogens with one attached hydrogen (secondary N) is 1. The zero-order valence-corrected chi connectivity index (χ0v) is 14.0. The lowest BCUT2D eigenvalue weighted by Crippen LogP contribution is -2.71. The van der Waals surface area contributed by atoms with Crippen molar-refractivity contribution in [3.63, 3.8) is 0 Å². The van der Waals surface area contributed by atoms with Crippen molar-refractivity contribution in [3.05, 3.63) is 59.8 Å². The van der Waals surface area contributed by atoms with Gasteiger partial charge in [-0.05, 0) is 11.1 Å². The highest BCUT2D eigenvalue weighted by molar-refractivity contribution is 8.00. The van der Waals surface area contributed by atoms with E-state index in [1.807, 2.05) is 6.07 Å². The molecule has 0 bridgehead atoms. The minimum absolute atomic E-state index is 0.0680.